The summed E-state index contributed by atoms with van der Waals surface area (Å²) < 4.78 is 4.90. The summed E-state index contributed by atoms with van der Waals surface area (Å²) in [6.45, 7) is 3.39. The third-order valence-corrected chi connectivity index (χ3v) is 3.15. The van der Waals surface area contributed by atoms with Crippen molar-refractivity contribution in [1.29, 1.82) is 0 Å². The average molecular weight is 307 g/mol. The molecule has 0 saturated carbocycles. The molecule has 0 bridgehead atoms. The third-order valence-electron chi connectivity index (χ3n) is 2.85. The summed E-state index contributed by atoms with van der Waals surface area (Å²) in [6, 6.07) is 6.91. The molecule has 0 aliphatic heterocycles. The Kier molecular flexibility index (Phi) is 4.65. The van der Waals surface area contributed by atoms with E-state index >= 15 is 0 Å². The van der Waals surface area contributed by atoms with E-state index in [1.807, 2.05) is 19.9 Å². The van der Waals surface area contributed by atoms with Gasteiger partial charge < -0.3 is 15.0 Å². The second-order valence-electron chi connectivity index (χ2n) is 4.65. The van der Waals surface area contributed by atoms with Gasteiger partial charge in [0.2, 0.25) is 0 Å². The van der Waals surface area contributed by atoms with Gasteiger partial charge in [-0.05, 0) is 43.2 Å². The van der Waals surface area contributed by atoms with Gasteiger partial charge in [-0.15, -0.1) is 0 Å². The third kappa shape index (κ3) is 3.86. The van der Waals surface area contributed by atoms with Crippen molar-refractivity contribution in [3.05, 3.63) is 52.3 Å². The summed E-state index contributed by atoms with van der Waals surface area (Å²) in [5, 5.41) is 3.10. The van der Waals surface area contributed by atoms with E-state index in [9.17, 15) is 9.59 Å². The molecule has 0 unspecified atom stereocenters. The lowest BCUT2D eigenvalue weighted by Crippen LogP contribution is -2.21. The molecule has 21 heavy (non-hydrogen) atoms. The monoisotopic (exact) mass is 306 g/mol. The lowest BCUT2D eigenvalue weighted by Gasteiger charge is -2.11. The number of halogens is 1. The Morgan fingerprint density at radius 2 is 2.10 bits per heavy atom. The lowest BCUT2D eigenvalue weighted by molar-refractivity contribution is -0.119. The number of aromatic nitrogens is 1. The van der Waals surface area contributed by atoms with Gasteiger partial charge in [-0.25, -0.2) is 4.79 Å². The molecule has 2 rings (SSSR count). The molecule has 2 N–H and O–H groups in total. The van der Waals surface area contributed by atoms with E-state index in [0.717, 1.165) is 11.1 Å². The van der Waals surface area contributed by atoms with Crippen molar-refractivity contribution in [2.45, 2.75) is 13.8 Å². The van der Waals surface area contributed by atoms with Gasteiger partial charge >= 0.3 is 5.97 Å². The van der Waals surface area contributed by atoms with Crippen molar-refractivity contribution in [3.63, 3.8) is 0 Å². The number of carbonyl (C=O) groups is 2. The van der Waals surface area contributed by atoms with Crippen LogP contribution in [0.2, 0.25) is 5.02 Å². The normalized spacial score (nSPS) is 10.2. The van der Waals surface area contributed by atoms with Gasteiger partial charge in [-0.3, -0.25) is 4.79 Å². The van der Waals surface area contributed by atoms with E-state index in [1.54, 1.807) is 24.4 Å². The highest BCUT2D eigenvalue weighted by Gasteiger charge is 2.13. The highest BCUT2D eigenvalue weighted by atomic mass is 35.5. The largest absolute Gasteiger partial charge is 0.451 e. The van der Waals surface area contributed by atoms with E-state index < -0.39 is 11.9 Å². The Bertz CT molecular complexity index is 643. The fourth-order valence-corrected chi connectivity index (χ4v) is 2.28. The minimum Gasteiger partial charge on any atom is -0.451 e. The molecule has 0 aliphatic rings. The average Bonchev–Trinajstić information content (AvgIpc) is 2.94. The zero-order chi connectivity index (χ0) is 15.4. The minimum absolute atomic E-state index is 0.298. The molecule has 1 heterocycles. The van der Waals surface area contributed by atoms with Crippen molar-refractivity contribution in [2.24, 2.45) is 0 Å². The highest BCUT2D eigenvalue weighted by molar-refractivity contribution is 6.34. The number of aryl methyl sites for hydroxylation is 2. The van der Waals surface area contributed by atoms with E-state index in [0.29, 0.717) is 16.4 Å². The summed E-state index contributed by atoms with van der Waals surface area (Å²) in [4.78, 5) is 26.1. The molecule has 110 valence electrons. The summed E-state index contributed by atoms with van der Waals surface area (Å²) in [7, 11) is 0. The maximum atomic E-state index is 11.8. The number of nitrogens with one attached hydrogen (secondary N) is 2. The number of benzene rings is 1. The number of aromatic amines is 1. The van der Waals surface area contributed by atoms with Crippen LogP contribution < -0.4 is 5.32 Å². The summed E-state index contributed by atoms with van der Waals surface area (Å²) in [6.07, 6.45) is 1.60. The van der Waals surface area contributed by atoms with Gasteiger partial charge in [0.15, 0.2) is 6.61 Å². The molecular formula is C15H15ClN2O3. The van der Waals surface area contributed by atoms with Crippen LogP contribution in [0.4, 0.5) is 5.69 Å². The van der Waals surface area contributed by atoms with Crippen molar-refractivity contribution in [2.75, 3.05) is 11.9 Å². The van der Waals surface area contributed by atoms with Crippen LogP contribution in [0.1, 0.15) is 21.6 Å². The molecule has 6 heteroatoms. The lowest BCUT2D eigenvalue weighted by atomic mass is 10.1. The van der Waals surface area contributed by atoms with Crippen LogP contribution in [0.25, 0.3) is 0 Å². The maximum absolute atomic E-state index is 11.8. The van der Waals surface area contributed by atoms with Gasteiger partial charge in [0.1, 0.15) is 5.69 Å². The van der Waals surface area contributed by atoms with Crippen molar-refractivity contribution < 1.29 is 14.3 Å². The second-order valence-corrected chi connectivity index (χ2v) is 5.05. The van der Waals surface area contributed by atoms with Crippen LogP contribution in [0.15, 0.2) is 30.5 Å². The number of carbonyl (C=O) groups excluding carboxylic acids is 2. The minimum atomic E-state index is -0.582. The van der Waals surface area contributed by atoms with Crippen LogP contribution in [0, 0.1) is 13.8 Å². The van der Waals surface area contributed by atoms with Crippen molar-refractivity contribution >= 4 is 29.2 Å². The molecule has 5 nitrogen and oxygen atoms in total. The predicted molar refractivity (Wildman–Crippen MR) is 80.6 cm³/mol. The Hall–Kier alpha value is -2.27. The first-order valence-electron chi connectivity index (χ1n) is 6.34. The number of H-pyrrole nitrogens is 1. The summed E-state index contributed by atoms with van der Waals surface area (Å²) in [5.74, 6) is -1.02. The first-order chi connectivity index (χ1) is 9.97. The van der Waals surface area contributed by atoms with Crippen LogP contribution in [0.5, 0.6) is 0 Å². The predicted octanol–water partition coefficient (Wildman–Crippen LogP) is 3.08. The van der Waals surface area contributed by atoms with Crippen LogP contribution in [-0.4, -0.2) is 23.5 Å². The molecular weight excluding hydrogens is 292 g/mol. The molecule has 1 amide bonds. The quantitative estimate of drug-likeness (QED) is 0.853. The van der Waals surface area contributed by atoms with Gasteiger partial charge in [0.05, 0.1) is 10.7 Å². The van der Waals surface area contributed by atoms with Crippen molar-refractivity contribution in [3.8, 4) is 0 Å². The Balaban J connectivity index is 1.95. The van der Waals surface area contributed by atoms with Crippen LogP contribution in [0.3, 0.4) is 0 Å². The second kappa shape index (κ2) is 6.45. The Labute approximate surface area is 127 Å². The number of ether oxygens (including phenoxy) is 1. The number of esters is 1. The first kappa shape index (κ1) is 15.1. The number of anilines is 1. The summed E-state index contributed by atoms with van der Waals surface area (Å²) >= 11 is 6.10. The maximum Gasteiger partial charge on any atom is 0.355 e. The molecule has 1 aromatic carbocycles. The number of hydrogen-bond acceptors (Lipinski definition) is 3. The van der Waals surface area contributed by atoms with Gasteiger partial charge in [-0.1, -0.05) is 17.7 Å². The van der Waals surface area contributed by atoms with Crippen LogP contribution in [-0.2, 0) is 9.53 Å². The molecule has 0 radical (unpaired) electrons. The van der Waals surface area contributed by atoms with Gasteiger partial charge in [-0.2, -0.15) is 0 Å². The fraction of sp³-hybridized carbons (Fsp3) is 0.200. The van der Waals surface area contributed by atoms with Gasteiger partial charge in [0, 0.05) is 6.20 Å². The van der Waals surface area contributed by atoms with E-state index in [2.05, 4.69) is 10.3 Å². The Morgan fingerprint density at radius 1 is 1.33 bits per heavy atom. The fourth-order valence-electron chi connectivity index (χ4n) is 1.92. The molecule has 0 saturated heterocycles. The molecule has 2 aromatic rings. The van der Waals surface area contributed by atoms with Gasteiger partial charge in [0.25, 0.3) is 5.91 Å². The summed E-state index contributed by atoms with van der Waals surface area (Å²) in [5.41, 5.74) is 2.69. The van der Waals surface area contributed by atoms with Crippen molar-refractivity contribution in [1.82, 2.24) is 4.98 Å². The first-order valence-corrected chi connectivity index (χ1v) is 6.72. The van der Waals surface area contributed by atoms with Crippen LogP contribution >= 0.6 is 11.6 Å². The zero-order valence-corrected chi connectivity index (χ0v) is 12.5. The smallest absolute Gasteiger partial charge is 0.355 e. The zero-order valence-electron chi connectivity index (χ0n) is 11.7. The topological polar surface area (TPSA) is 71.2 Å². The molecule has 0 aliphatic carbocycles. The standard InChI is InChI=1S/C15H15ClN2O3/c1-9-6-10(2)14(11(16)7-9)18-13(19)8-21-15(20)12-4-3-5-17-12/h3-7,17H,8H2,1-2H3,(H,18,19). The molecule has 0 spiro atoms. The SMILES string of the molecule is Cc1cc(C)c(NC(=O)COC(=O)c2ccc[nH]2)c(Cl)c1. The molecule has 0 atom stereocenters. The number of amides is 1. The Morgan fingerprint density at radius 3 is 2.71 bits per heavy atom. The number of rotatable bonds is 4. The van der Waals surface area contributed by atoms with E-state index in [-0.39, 0.29) is 6.61 Å². The highest BCUT2D eigenvalue weighted by Crippen LogP contribution is 2.27. The van der Waals surface area contributed by atoms with E-state index in [1.165, 1.54) is 0 Å². The van der Waals surface area contributed by atoms with E-state index in [4.69, 9.17) is 16.3 Å². The number of hydrogen-bond donors (Lipinski definition) is 2. The molecule has 1 aromatic heterocycles. The molecule has 0 fully saturated rings.